The number of aliphatic hydroxyl groups is 1. The van der Waals surface area contributed by atoms with E-state index in [2.05, 4.69) is 5.32 Å². The largest absolute Gasteiger partial charge is 0.462 e. The van der Waals surface area contributed by atoms with Gasteiger partial charge in [-0.2, -0.15) is 0 Å². The van der Waals surface area contributed by atoms with Crippen LogP contribution < -0.4 is 5.32 Å². The first-order valence-corrected chi connectivity index (χ1v) is 6.95. The number of hydrogen-bond donors (Lipinski definition) is 2. The average Bonchev–Trinajstić information content (AvgIpc) is 2.38. The molecule has 0 amide bonds. The second-order valence-corrected chi connectivity index (χ2v) is 5.34. The molecular weight excluding hydrogens is 285 g/mol. The number of esters is 1. The molecule has 1 aromatic carbocycles. The third-order valence-electron chi connectivity index (χ3n) is 3.34. The summed E-state index contributed by atoms with van der Waals surface area (Å²) in [6.07, 6.45) is 1.64. The van der Waals surface area contributed by atoms with Crippen LogP contribution in [0.25, 0.3) is 0 Å². The van der Waals surface area contributed by atoms with Gasteiger partial charge in [-0.15, -0.1) is 0 Å². The van der Waals surface area contributed by atoms with Crippen LogP contribution in [0.3, 0.4) is 0 Å². The molecule has 0 aliphatic carbocycles. The van der Waals surface area contributed by atoms with Crippen LogP contribution in [0.2, 0.25) is 5.02 Å². The number of unbranched alkanes of at least 4 members (excludes halogenated alkanes) is 1. The second kappa shape index (κ2) is 6.08. The van der Waals surface area contributed by atoms with Gasteiger partial charge in [-0.1, -0.05) is 24.9 Å². The smallest absolute Gasteiger partial charge is 0.339 e. The van der Waals surface area contributed by atoms with E-state index in [1.165, 1.54) is 6.07 Å². The van der Waals surface area contributed by atoms with E-state index in [0.717, 1.165) is 18.9 Å². The van der Waals surface area contributed by atoms with Crippen molar-refractivity contribution in [3.63, 3.8) is 0 Å². The van der Waals surface area contributed by atoms with Gasteiger partial charge in [0.05, 0.1) is 17.2 Å². The Morgan fingerprint density at radius 3 is 2.80 bits per heavy atom. The maximum Gasteiger partial charge on any atom is 0.339 e. The quantitative estimate of drug-likeness (QED) is 0.647. The summed E-state index contributed by atoms with van der Waals surface area (Å²) in [5, 5.41) is 13.1. The number of benzene rings is 1. The molecule has 20 heavy (non-hydrogen) atoms. The highest BCUT2D eigenvalue weighted by atomic mass is 35.5. The molecule has 1 saturated heterocycles. The molecule has 0 atom stereocenters. The highest BCUT2D eigenvalue weighted by Crippen LogP contribution is 2.32. The van der Waals surface area contributed by atoms with Crippen molar-refractivity contribution in [2.24, 2.45) is 0 Å². The number of carbonyl (C=O) groups excluding carboxylic acids is 1. The Labute approximate surface area is 121 Å². The molecule has 2 rings (SSSR count). The fourth-order valence-corrected chi connectivity index (χ4v) is 2.24. The first kappa shape index (κ1) is 15.2. The van der Waals surface area contributed by atoms with Crippen molar-refractivity contribution in [2.75, 3.05) is 19.7 Å². The topological polar surface area (TPSA) is 58.6 Å². The SMILES string of the molecule is CCCCOC(=O)c1cc(F)c(C2(O)CNC2)cc1Cl. The number of rotatable bonds is 5. The van der Waals surface area contributed by atoms with E-state index in [9.17, 15) is 14.3 Å². The predicted octanol–water partition coefficient (Wildman–Crippen LogP) is 2.23. The van der Waals surface area contributed by atoms with E-state index in [0.29, 0.717) is 0 Å². The maximum atomic E-state index is 14.0. The molecule has 1 heterocycles. The van der Waals surface area contributed by atoms with Crippen LogP contribution in [-0.4, -0.2) is 30.8 Å². The molecule has 2 N–H and O–H groups in total. The number of hydrogen-bond acceptors (Lipinski definition) is 4. The third-order valence-corrected chi connectivity index (χ3v) is 3.66. The summed E-state index contributed by atoms with van der Waals surface area (Å²) in [7, 11) is 0. The normalized spacial score (nSPS) is 16.6. The molecule has 110 valence electrons. The standard InChI is InChI=1S/C14H17ClFNO3/c1-2-3-4-20-13(18)9-5-12(16)10(6-11(9)15)14(19)7-17-8-14/h5-6,17,19H,2-4,7-8H2,1H3. The third kappa shape index (κ3) is 2.95. The molecule has 0 unspecified atom stereocenters. The maximum absolute atomic E-state index is 14.0. The van der Waals surface area contributed by atoms with Crippen LogP contribution in [0.1, 0.15) is 35.7 Å². The lowest BCUT2D eigenvalue weighted by Crippen LogP contribution is -2.57. The van der Waals surface area contributed by atoms with Crippen LogP contribution in [0.15, 0.2) is 12.1 Å². The monoisotopic (exact) mass is 301 g/mol. The number of carbonyl (C=O) groups is 1. The summed E-state index contributed by atoms with van der Waals surface area (Å²) in [4.78, 5) is 11.8. The molecule has 1 fully saturated rings. The molecular formula is C14H17ClFNO3. The first-order chi connectivity index (χ1) is 9.48. The van der Waals surface area contributed by atoms with Crippen molar-refractivity contribution in [3.8, 4) is 0 Å². The van der Waals surface area contributed by atoms with Gasteiger partial charge in [0.15, 0.2) is 0 Å². The second-order valence-electron chi connectivity index (χ2n) is 4.94. The average molecular weight is 302 g/mol. The zero-order valence-electron chi connectivity index (χ0n) is 11.2. The van der Waals surface area contributed by atoms with Gasteiger partial charge < -0.3 is 15.2 Å². The van der Waals surface area contributed by atoms with E-state index in [1.54, 1.807) is 0 Å². The van der Waals surface area contributed by atoms with E-state index in [4.69, 9.17) is 16.3 Å². The summed E-state index contributed by atoms with van der Waals surface area (Å²) in [6, 6.07) is 2.33. The summed E-state index contributed by atoms with van der Waals surface area (Å²) in [6.45, 7) is 2.78. The van der Waals surface area contributed by atoms with E-state index >= 15 is 0 Å². The summed E-state index contributed by atoms with van der Waals surface area (Å²) in [5.41, 5.74) is -1.16. The summed E-state index contributed by atoms with van der Waals surface area (Å²) >= 11 is 6.00. The van der Waals surface area contributed by atoms with Crippen LogP contribution in [0, 0.1) is 5.82 Å². The number of halogens is 2. The molecule has 1 aromatic rings. The minimum atomic E-state index is -1.25. The van der Waals surface area contributed by atoms with E-state index in [-0.39, 0.29) is 35.8 Å². The first-order valence-electron chi connectivity index (χ1n) is 6.57. The molecule has 4 nitrogen and oxygen atoms in total. The van der Waals surface area contributed by atoms with Crippen LogP contribution >= 0.6 is 11.6 Å². The van der Waals surface area contributed by atoms with Crippen molar-refractivity contribution in [2.45, 2.75) is 25.4 Å². The number of ether oxygens (including phenoxy) is 1. The molecule has 1 aliphatic heterocycles. The molecule has 0 radical (unpaired) electrons. The zero-order chi connectivity index (χ0) is 14.8. The van der Waals surface area contributed by atoms with Crippen molar-refractivity contribution in [1.29, 1.82) is 0 Å². The van der Waals surface area contributed by atoms with Gasteiger partial charge >= 0.3 is 5.97 Å². The van der Waals surface area contributed by atoms with Gasteiger partial charge in [-0.25, -0.2) is 9.18 Å². The summed E-state index contributed by atoms with van der Waals surface area (Å²) in [5.74, 6) is -1.30. The van der Waals surface area contributed by atoms with Gasteiger partial charge in [0, 0.05) is 18.7 Å². The Hall–Kier alpha value is -1.17. The fraction of sp³-hybridized carbons (Fsp3) is 0.500. The van der Waals surface area contributed by atoms with E-state index < -0.39 is 17.4 Å². The van der Waals surface area contributed by atoms with Gasteiger partial charge in [-0.05, 0) is 18.6 Å². The minimum Gasteiger partial charge on any atom is -0.462 e. The van der Waals surface area contributed by atoms with Crippen molar-refractivity contribution in [3.05, 3.63) is 34.1 Å². The fourth-order valence-electron chi connectivity index (χ4n) is 2.00. The van der Waals surface area contributed by atoms with Crippen molar-refractivity contribution in [1.82, 2.24) is 5.32 Å². The lowest BCUT2D eigenvalue weighted by atomic mass is 9.87. The minimum absolute atomic E-state index is 0.0140. The van der Waals surface area contributed by atoms with Gasteiger partial charge in [-0.3, -0.25) is 0 Å². The molecule has 0 aromatic heterocycles. The van der Waals surface area contributed by atoms with Crippen molar-refractivity contribution >= 4 is 17.6 Å². The van der Waals surface area contributed by atoms with Gasteiger partial charge in [0.25, 0.3) is 0 Å². The molecule has 0 bridgehead atoms. The van der Waals surface area contributed by atoms with E-state index in [1.807, 2.05) is 6.92 Å². The Bertz CT molecular complexity index is 517. The Morgan fingerprint density at radius 2 is 2.25 bits per heavy atom. The highest BCUT2D eigenvalue weighted by molar-refractivity contribution is 6.33. The molecule has 0 spiro atoms. The van der Waals surface area contributed by atoms with Crippen LogP contribution in [0.4, 0.5) is 4.39 Å². The lowest BCUT2D eigenvalue weighted by molar-refractivity contribution is -0.0177. The Balaban J connectivity index is 2.20. The van der Waals surface area contributed by atoms with Crippen molar-refractivity contribution < 1.29 is 19.0 Å². The van der Waals surface area contributed by atoms with Crippen LogP contribution in [-0.2, 0) is 10.3 Å². The molecule has 1 aliphatic rings. The number of nitrogens with one attached hydrogen (secondary N) is 1. The molecule has 6 heteroatoms. The number of β-amino-alcohol motifs (C(OH)–C–C–N with tert-alkyl or cyclic N) is 1. The Morgan fingerprint density at radius 1 is 1.55 bits per heavy atom. The zero-order valence-corrected chi connectivity index (χ0v) is 12.0. The molecule has 0 saturated carbocycles. The predicted molar refractivity (Wildman–Crippen MR) is 73.4 cm³/mol. The summed E-state index contributed by atoms with van der Waals surface area (Å²) < 4.78 is 19.0. The lowest BCUT2D eigenvalue weighted by Gasteiger charge is -2.38. The van der Waals surface area contributed by atoms with Gasteiger partial charge in [0.1, 0.15) is 11.4 Å². The Kier molecular flexibility index (Phi) is 4.62. The van der Waals surface area contributed by atoms with Crippen LogP contribution in [0.5, 0.6) is 0 Å². The van der Waals surface area contributed by atoms with Gasteiger partial charge in [0.2, 0.25) is 0 Å². The highest BCUT2D eigenvalue weighted by Gasteiger charge is 2.39.